The van der Waals surface area contributed by atoms with Gasteiger partial charge in [-0.1, -0.05) is 17.3 Å². The van der Waals surface area contributed by atoms with E-state index in [9.17, 15) is 9.59 Å². The Morgan fingerprint density at radius 1 is 1.42 bits per heavy atom. The van der Waals surface area contributed by atoms with E-state index in [1.54, 1.807) is 31.2 Å². The first-order chi connectivity index (χ1) is 11.4. The lowest BCUT2D eigenvalue weighted by atomic mass is 9.94. The van der Waals surface area contributed by atoms with Crippen LogP contribution in [0, 0.1) is 0 Å². The lowest BCUT2D eigenvalue weighted by Gasteiger charge is -2.36. The number of nitrogens with zero attached hydrogens (tertiary/aromatic N) is 3. The molecule has 128 valence electrons. The first kappa shape index (κ1) is 16.6. The molecule has 2 heterocycles. The van der Waals surface area contributed by atoms with Gasteiger partial charge in [0, 0.05) is 12.6 Å². The van der Waals surface area contributed by atoms with E-state index in [4.69, 9.17) is 4.74 Å². The zero-order valence-corrected chi connectivity index (χ0v) is 14.2. The van der Waals surface area contributed by atoms with Gasteiger partial charge >= 0.3 is 0 Å². The van der Waals surface area contributed by atoms with Crippen molar-refractivity contribution in [2.45, 2.75) is 51.3 Å². The molecule has 1 aromatic carbocycles. The average Bonchev–Trinajstić information content (AvgIpc) is 2.54. The number of benzene rings is 1. The van der Waals surface area contributed by atoms with Crippen molar-refractivity contribution in [2.75, 3.05) is 6.61 Å². The number of carbonyl (C=O) groups excluding carboxylic acids is 1. The van der Waals surface area contributed by atoms with E-state index in [0.29, 0.717) is 17.5 Å². The van der Waals surface area contributed by atoms with Gasteiger partial charge in [-0.25, -0.2) is 0 Å². The fourth-order valence-electron chi connectivity index (χ4n) is 3.04. The van der Waals surface area contributed by atoms with Gasteiger partial charge in [0.1, 0.15) is 11.6 Å². The minimum Gasteiger partial charge on any atom is -0.375 e. The highest BCUT2D eigenvalue weighted by molar-refractivity contribution is 5.81. The highest BCUT2D eigenvalue weighted by Gasteiger charge is 2.31. The van der Waals surface area contributed by atoms with E-state index in [-0.39, 0.29) is 23.1 Å². The Kier molecular flexibility index (Phi) is 4.36. The summed E-state index contributed by atoms with van der Waals surface area (Å²) in [7, 11) is 0. The summed E-state index contributed by atoms with van der Waals surface area (Å²) >= 11 is 0. The molecule has 0 aliphatic carbocycles. The van der Waals surface area contributed by atoms with Crippen molar-refractivity contribution < 1.29 is 9.53 Å². The fourth-order valence-corrected chi connectivity index (χ4v) is 3.04. The van der Waals surface area contributed by atoms with Crippen molar-refractivity contribution in [1.82, 2.24) is 20.3 Å². The van der Waals surface area contributed by atoms with Crippen LogP contribution in [-0.2, 0) is 9.53 Å². The van der Waals surface area contributed by atoms with Gasteiger partial charge in [-0.15, -0.1) is 5.10 Å². The molecule has 1 amide bonds. The molecule has 24 heavy (non-hydrogen) atoms. The van der Waals surface area contributed by atoms with Gasteiger partial charge in [-0.05, 0) is 45.7 Å². The van der Waals surface area contributed by atoms with Crippen LogP contribution in [0.4, 0.5) is 0 Å². The predicted octanol–water partition coefficient (Wildman–Crippen LogP) is 1.43. The van der Waals surface area contributed by atoms with Crippen LogP contribution in [0.5, 0.6) is 0 Å². The lowest BCUT2D eigenvalue weighted by molar-refractivity contribution is -0.127. The normalized spacial score (nSPS) is 21.4. The van der Waals surface area contributed by atoms with Crippen molar-refractivity contribution in [1.29, 1.82) is 0 Å². The highest BCUT2D eigenvalue weighted by Crippen LogP contribution is 2.24. The first-order valence-electron chi connectivity index (χ1n) is 8.16. The summed E-state index contributed by atoms with van der Waals surface area (Å²) in [5.41, 5.74) is -0.0351. The van der Waals surface area contributed by atoms with Gasteiger partial charge in [0.05, 0.1) is 11.0 Å². The van der Waals surface area contributed by atoms with Crippen molar-refractivity contribution in [3.05, 3.63) is 34.6 Å². The number of aromatic nitrogens is 3. The maximum absolute atomic E-state index is 12.5. The number of carbonyl (C=O) groups is 1. The monoisotopic (exact) mass is 330 g/mol. The Hall–Kier alpha value is -2.28. The van der Waals surface area contributed by atoms with Crippen LogP contribution in [0.1, 0.15) is 39.7 Å². The van der Waals surface area contributed by atoms with Gasteiger partial charge < -0.3 is 10.1 Å². The highest BCUT2D eigenvalue weighted by atomic mass is 16.5. The van der Waals surface area contributed by atoms with Crippen LogP contribution in [-0.4, -0.2) is 39.2 Å². The molecule has 1 aliphatic rings. The third-order valence-electron chi connectivity index (χ3n) is 4.38. The van der Waals surface area contributed by atoms with E-state index < -0.39 is 6.04 Å². The quantitative estimate of drug-likeness (QED) is 0.920. The first-order valence-corrected chi connectivity index (χ1v) is 8.16. The Morgan fingerprint density at radius 2 is 2.17 bits per heavy atom. The summed E-state index contributed by atoms with van der Waals surface area (Å²) in [6, 6.07) is 6.29. The predicted molar refractivity (Wildman–Crippen MR) is 89.7 cm³/mol. The summed E-state index contributed by atoms with van der Waals surface area (Å²) in [6.45, 7) is 6.29. The molecule has 2 atom stereocenters. The molecule has 0 saturated carbocycles. The van der Waals surface area contributed by atoms with E-state index in [2.05, 4.69) is 15.6 Å². The SMILES string of the molecule is C[C@@H](C(=O)NC1CCOC(C)(C)C1)n1nnc2ccccc2c1=O. The number of nitrogens with one attached hydrogen (secondary N) is 1. The molecule has 1 fully saturated rings. The Morgan fingerprint density at radius 3 is 2.92 bits per heavy atom. The zero-order chi connectivity index (χ0) is 17.3. The number of amides is 1. The van der Waals surface area contributed by atoms with Crippen LogP contribution in [0.15, 0.2) is 29.1 Å². The van der Waals surface area contributed by atoms with Crippen LogP contribution >= 0.6 is 0 Å². The number of rotatable bonds is 3. The second-order valence-electron chi connectivity index (χ2n) is 6.84. The smallest absolute Gasteiger partial charge is 0.278 e. The molecule has 1 aliphatic heterocycles. The number of fused-ring (bicyclic) bond motifs is 1. The standard InChI is InChI=1S/C17H22N4O3/c1-11(15(22)18-12-8-9-24-17(2,3)10-12)21-16(23)13-6-4-5-7-14(13)19-20-21/h4-7,11-12H,8-10H2,1-3H3,(H,18,22)/t11-,12?/m0/s1. The Balaban J connectivity index is 1.79. The number of ether oxygens (including phenoxy) is 1. The van der Waals surface area contributed by atoms with Crippen molar-refractivity contribution >= 4 is 16.8 Å². The van der Waals surface area contributed by atoms with Crippen molar-refractivity contribution in [3.63, 3.8) is 0 Å². The average molecular weight is 330 g/mol. The van der Waals surface area contributed by atoms with Crippen molar-refractivity contribution in [3.8, 4) is 0 Å². The third kappa shape index (κ3) is 3.31. The number of hydrogen-bond acceptors (Lipinski definition) is 5. The van der Waals surface area contributed by atoms with Gasteiger partial charge in [0.25, 0.3) is 5.56 Å². The summed E-state index contributed by atoms with van der Waals surface area (Å²) in [6.07, 6.45) is 1.50. The minimum atomic E-state index is -0.722. The van der Waals surface area contributed by atoms with Crippen molar-refractivity contribution in [2.24, 2.45) is 0 Å². The molecule has 1 saturated heterocycles. The molecule has 7 nitrogen and oxygen atoms in total. The zero-order valence-electron chi connectivity index (χ0n) is 14.2. The topological polar surface area (TPSA) is 86.1 Å². The summed E-state index contributed by atoms with van der Waals surface area (Å²) in [4.78, 5) is 25.1. The minimum absolute atomic E-state index is 0.0350. The molecule has 1 N–H and O–H groups in total. The Bertz CT molecular complexity index is 815. The van der Waals surface area contributed by atoms with E-state index in [1.165, 1.54) is 0 Å². The molecule has 2 aromatic rings. The maximum Gasteiger partial charge on any atom is 0.278 e. The fraction of sp³-hybridized carbons (Fsp3) is 0.529. The lowest BCUT2D eigenvalue weighted by Crippen LogP contribution is -2.48. The molecule has 1 aromatic heterocycles. The molecule has 0 radical (unpaired) electrons. The maximum atomic E-state index is 12.5. The van der Waals surface area contributed by atoms with E-state index >= 15 is 0 Å². The van der Waals surface area contributed by atoms with Crippen LogP contribution in [0.2, 0.25) is 0 Å². The van der Waals surface area contributed by atoms with Crippen LogP contribution in [0.3, 0.4) is 0 Å². The largest absolute Gasteiger partial charge is 0.375 e. The van der Waals surface area contributed by atoms with Gasteiger partial charge in [-0.3, -0.25) is 9.59 Å². The molecule has 1 unspecified atom stereocenters. The van der Waals surface area contributed by atoms with Gasteiger partial charge in [0.2, 0.25) is 5.91 Å². The summed E-state index contributed by atoms with van der Waals surface area (Å²) in [5.74, 6) is -0.232. The second-order valence-corrected chi connectivity index (χ2v) is 6.84. The molecule has 7 heteroatoms. The molecule has 0 spiro atoms. The van der Waals surface area contributed by atoms with Crippen LogP contribution < -0.4 is 10.9 Å². The summed E-state index contributed by atoms with van der Waals surface area (Å²) < 4.78 is 6.80. The molecular formula is C17H22N4O3. The molecule has 0 bridgehead atoms. The van der Waals surface area contributed by atoms with E-state index in [0.717, 1.165) is 17.5 Å². The second kappa shape index (κ2) is 6.32. The molecular weight excluding hydrogens is 308 g/mol. The van der Waals surface area contributed by atoms with Gasteiger partial charge in [-0.2, -0.15) is 4.68 Å². The summed E-state index contributed by atoms with van der Waals surface area (Å²) in [5, 5.41) is 11.4. The third-order valence-corrected chi connectivity index (χ3v) is 4.38. The van der Waals surface area contributed by atoms with Gasteiger partial charge in [0.15, 0.2) is 0 Å². The number of hydrogen-bond donors (Lipinski definition) is 1. The van der Waals surface area contributed by atoms with Crippen LogP contribution in [0.25, 0.3) is 10.9 Å². The molecule has 3 rings (SSSR count). The van der Waals surface area contributed by atoms with E-state index in [1.807, 2.05) is 13.8 Å². The Labute approximate surface area is 140 Å².